The van der Waals surface area contributed by atoms with E-state index in [1.807, 2.05) is 13.0 Å². The zero-order valence-corrected chi connectivity index (χ0v) is 19.2. The van der Waals surface area contributed by atoms with Gasteiger partial charge in [-0.15, -0.1) is 24.0 Å². The monoisotopic (exact) mass is 510 g/mol. The summed E-state index contributed by atoms with van der Waals surface area (Å²) < 4.78 is 32.0. The van der Waals surface area contributed by atoms with Gasteiger partial charge in [0.15, 0.2) is 5.96 Å². The van der Waals surface area contributed by atoms with Crippen molar-refractivity contribution in [2.75, 3.05) is 26.8 Å². The standard InChI is InChI=1S/C18H30N4O3S.HI/c1-3-19-18(22-16-8-4-5-9-16)20-14-15-7-6-10-17(13-15)26(23,24)21-11-12-25-2;/h6-7,10,13,16,21H,3-5,8-9,11-12,14H2,1-2H3,(H2,19,20,22);1H. The lowest BCUT2D eigenvalue weighted by atomic mass is 10.2. The Labute approximate surface area is 179 Å². The first-order valence-corrected chi connectivity index (χ1v) is 10.7. The van der Waals surface area contributed by atoms with E-state index in [1.54, 1.807) is 18.2 Å². The molecule has 9 heteroatoms. The molecule has 0 radical (unpaired) electrons. The molecule has 0 atom stereocenters. The van der Waals surface area contributed by atoms with Crippen LogP contribution >= 0.6 is 24.0 Å². The summed E-state index contributed by atoms with van der Waals surface area (Å²) in [7, 11) is -2.00. The summed E-state index contributed by atoms with van der Waals surface area (Å²) in [6.07, 6.45) is 4.86. The number of aliphatic imine (C=N–C) groups is 1. The van der Waals surface area contributed by atoms with Crippen LogP contribution in [0, 0.1) is 0 Å². The Bertz CT molecular complexity index is 692. The smallest absolute Gasteiger partial charge is 0.240 e. The molecule has 1 aliphatic carbocycles. The van der Waals surface area contributed by atoms with E-state index in [0.29, 0.717) is 19.2 Å². The van der Waals surface area contributed by atoms with Crippen LogP contribution < -0.4 is 15.4 Å². The Kier molecular flexibility index (Phi) is 11.2. The molecule has 0 bridgehead atoms. The summed E-state index contributed by atoms with van der Waals surface area (Å²) in [5.41, 5.74) is 0.850. The van der Waals surface area contributed by atoms with E-state index in [1.165, 1.54) is 32.8 Å². The highest BCUT2D eigenvalue weighted by Crippen LogP contribution is 2.17. The predicted molar refractivity (Wildman–Crippen MR) is 119 cm³/mol. The molecule has 0 aromatic heterocycles. The summed E-state index contributed by atoms with van der Waals surface area (Å²) in [6.45, 7) is 3.82. The molecular formula is C18H31IN4O3S. The number of guanidine groups is 1. The second kappa shape index (κ2) is 12.5. The number of benzene rings is 1. The van der Waals surface area contributed by atoms with Gasteiger partial charge in [-0.3, -0.25) is 0 Å². The SMILES string of the molecule is CCNC(=NCc1cccc(S(=O)(=O)NCCOC)c1)NC1CCCC1.I. The predicted octanol–water partition coefficient (Wildman–Crippen LogP) is 2.23. The second-order valence-electron chi connectivity index (χ2n) is 6.36. The van der Waals surface area contributed by atoms with E-state index < -0.39 is 10.0 Å². The van der Waals surface area contributed by atoms with Gasteiger partial charge in [0.1, 0.15) is 0 Å². The molecule has 0 heterocycles. The summed E-state index contributed by atoms with van der Waals surface area (Å²) in [6, 6.07) is 7.36. The molecule has 7 nitrogen and oxygen atoms in total. The van der Waals surface area contributed by atoms with Crippen LogP contribution in [-0.4, -0.2) is 47.2 Å². The molecule has 1 aliphatic rings. The molecule has 1 aromatic carbocycles. The van der Waals surface area contributed by atoms with Gasteiger partial charge in [0.05, 0.1) is 18.0 Å². The van der Waals surface area contributed by atoms with E-state index in [-0.39, 0.29) is 35.4 Å². The van der Waals surface area contributed by atoms with Crippen molar-refractivity contribution in [1.82, 2.24) is 15.4 Å². The number of nitrogens with zero attached hydrogens (tertiary/aromatic N) is 1. The number of rotatable bonds is 9. The van der Waals surface area contributed by atoms with Crippen molar-refractivity contribution < 1.29 is 13.2 Å². The Hall–Kier alpha value is -0.910. The Morgan fingerprint density at radius 1 is 1.30 bits per heavy atom. The summed E-state index contributed by atoms with van der Waals surface area (Å²) >= 11 is 0. The first-order chi connectivity index (χ1) is 12.5. The van der Waals surface area contributed by atoms with Crippen LogP contribution in [0.15, 0.2) is 34.2 Å². The van der Waals surface area contributed by atoms with Crippen molar-refractivity contribution in [2.45, 2.75) is 50.1 Å². The van der Waals surface area contributed by atoms with Crippen molar-refractivity contribution in [2.24, 2.45) is 4.99 Å². The fourth-order valence-corrected chi connectivity index (χ4v) is 4.01. The summed E-state index contributed by atoms with van der Waals surface area (Å²) in [5, 5.41) is 6.71. The average Bonchev–Trinajstić information content (AvgIpc) is 3.13. The molecule has 3 N–H and O–H groups in total. The number of halogens is 1. The molecule has 0 spiro atoms. The number of sulfonamides is 1. The van der Waals surface area contributed by atoms with Crippen molar-refractivity contribution in [3.8, 4) is 0 Å². The fourth-order valence-electron chi connectivity index (χ4n) is 2.93. The lowest BCUT2D eigenvalue weighted by Crippen LogP contribution is -2.42. The third-order valence-electron chi connectivity index (χ3n) is 4.27. The van der Waals surface area contributed by atoms with E-state index in [4.69, 9.17) is 4.74 Å². The lowest BCUT2D eigenvalue weighted by molar-refractivity contribution is 0.204. The van der Waals surface area contributed by atoms with Gasteiger partial charge in [-0.1, -0.05) is 25.0 Å². The minimum Gasteiger partial charge on any atom is -0.383 e. The van der Waals surface area contributed by atoms with Gasteiger partial charge in [0, 0.05) is 26.2 Å². The lowest BCUT2D eigenvalue weighted by Gasteiger charge is -2.16. The van der Waals surface area contributed by atoms with Gasteiger partial charge in [0.2, 0.25) is 10.0 Å². The zero-order chi connectivity index (χ0) is 18.8. The Balaban J connectivity index is 0.00000364. The molecule has 0 aliphatic heterocycles. The van der Waals surface area contributed by atoms with E-state index >= 15 is 0 Å². The highest BCUT2D eigenvalue weighted by molar-refractivity contribution is 14.0. The molecule has 0 amide bonds. The molecule has 0 unspecified atom stereocenters. The average molecular weight is 510 g/mol. The largest absolute Gasteiger partial charge is 0.383 e. The van der Waals surface area contributed by atoms with Crippen LogP contribution in [0.25, 0.3) is 0 Å². The van der Waals surface area contributed by atoms with Gasteiger partial charge in [0.25, 0.3) is 0 Å². The third kappa shape index (κ3) is 8.32. The zero-order valence-electron chi connectivity index (χ0n) is 16.0. The molecule has 154 valence electrons. The number of nitrogens with one attached hydrogen (secondary N) is 3. The van der Waals surface area contributed by atoms with Crippen LogP contribution in [0.3, 0.4) is 0 Å². The maximum Gasteiger partial charge on any atom is 0.240 e. The molecule has 1 saturated carbocycles. The number of hydrogen-bond acceptors (Lipinski definition) is 4. The maximum absolute atomic E-state index is 12.3. The number of methoxy groups -OCH3 is 1. The third-order valence-corrected chi connectivity index (χ3v) is 5.73. The second-order valence-corrected chi connectivity index (χ2v) is 8.13. The number of hydrogen-bond donors (Lipinski definition) is 3. The van der Waals surface area contributed by atoms with E-state index in [2.05, 4.69) is 20.3 Å². The first kappa shape index (κ1) is 24.1. The number of ether oxygens (including phenoxy) is 1. The van der Waals surface area contributed by atoms with E-state index in [0.717, 1.165) is 18.1 Å². The molecule has 27 heavy (non-hydrogen) atoms. The van der Waals surface area contributed by atoms with Crippen LogP contribution in [-0.2, 0) is 21.3 Å². The van der Waals surface area contributed by atoms with Gasteiger partial charge in [-0.2, -0.15) is 0 Å². The van der Waals surface area contributed by atoms with Gasteiger partial charge < -0.3 is 15.4 Å². The Morgan fingerprint density at radius 2 is 2.04 bits per heavy atom. The fraction of sp³-hybridized carbons (Fsp3) is 0.611. The molecule has 2 rings (SSSR count). The van der Waals surface area contributed by atoms with Gasteiger partial charge >= 0.3 is 0 Å². The van der Waals surface area contributed by atoms with Crippen LogP contribution in [0.1, 0.15) is 38.2 Å². The van der Waals surface area contributed by atoms with Crippen LogP contribution in [0.2, 0.25) is 0 Å². The van der Waals surface area contributed by atoms with Crippen molar-refractivity contribution >= 4 is 40.0 Å². The molecule has 1 aromatic rings. The first-order valence-electron chi connectivity index (χ1n) is 9.17. The molecular weight excluding hydrogens is 479 g/mol. The summed E-state index contributed by atoms with van der Waals surface area (Å²) in [5.74, 6) is 0.783. The van der Waals surface area contributed by atoms with E-state index in [9.17, 15) is 8.42 Å². The minimum absolute atomic E-state index is 0. The van der Waals surface area contributed by atoms with Crippen molar-refractivity contribution in [3.05, 3.63) is 29.8 Å². The minimum atomic E-state index is -3.53. The summed E-state index contributed by atoms with van der Waals surface area (Å²) in [4.78, 5) is 4.85. The highest BCUT2D eigenvalue weighted by atomic mass is 127. The topological polar surface area (TPSA) is 91.8 Å². The van der Waals surface area contributed by atoms with Gasteiger partial charge in [-0.05, 0) is 37.5 Å². The normalized spacial score (nSPS) is 15.4. The maximum atomic E-state index is 12.3. The molecule has 0 saturated heterocycles. The van der Waals surface area contributed by atoms with Crippen LogP contribution in [0.4, 0.5) is 0 Å². The highest BCUT2D eigenvalue weighted by Gasteiger charge is 2.16. The quantitative estimate of drug-likeness (QED) is 0.205. The van der Waals surface area contributed by atoms with Crippen molar-refractivity contribution in [3.63, 3.8) is 0 Å². The van der Waals surface area contributed by atoms with Crippen molar-refractivity contribution in [1.29, 1.82) is 0 Å². The van der Waals surface area contributed by atoms with Gasteiger partial charge in [-0.25, -0.2) is 18.1 Å². The molecule has 1 fully saturated rings. The van der Waals surface area contributed by atoms with Crippen LogP contribution in [0.5, 0.6) is 0 Å². The Morgan fingerprint density at radius 3 is 2.70 bits per heavy atom.